The van der Waals surface area contributed by atoms with E-state index in [1.807, 2.05) is 19.2 Å². The highest BCUT2D eigenvalue weighted by atomic mass is 32.1. The first-order valence-corrected chi connectivity index (χ1v) is 10.9. The molecule has 0 saturated carbocycles. The lowest BCUT2D eigenvalue weighted by atomic mass is 9.97. The number of benzene rings is 1. The third-order valence-electron chi connectivity index (χ3n) is 5.73. The summed E-state index contributed by atoms with van der Waals surface area (Å²) in [6.07, 6.45) is 4.63. The summed E-state index contributed by atoms with van der Waals surface area (Å²) < 4.78 is 5.96. The van der Waals surface area contributed by atoms with Gasteiger partial charge in [-0.1, -0.05) is 13.8 Å². The Morgan fingerprint density at radius 2 is 2.25 bits per heavy atom. The highest BCUT2D eigenvalue weighted by Gasteiger charge is 2.25. The summed E-state index contributed by atoms with van der Waals surface area (Å²) in [6.45, 7) is 9.04. The average molecular weight is 400 g/mol. The van der Waals surface area contributed by atoms with Gasteiger partial charge in [0.1, 0.15) is 29.1 Å². The molecular formula is C22H27N2O3S+. The first-order valence-electron chi connectivity index (χ1n) is 10.0. The van der Waals surface area contributed by atoms with Gasteiger partial charge in [0.05, 0.1) is 29.6 Å². The fraction of sp³-hybridized carbons (Fsp3) is 0.455. The minimum absolute atomic E-state index is 0.0754. The zero-order valence-electron chi connectivity index (χ0n) is 16.7. The van der Waals surface area contributed by atoms with E-state index in [0.717, 1.165) is 29.9 Å². The van der Waals surface area contributed by atoms with Crippen LogP contribution in [0.2, 0.25) is 0 Å². The highest BCUT2D eigenvalue weighted by Crippen LogP contribution is 2.32. The van der Waals surface area contributed by atoms with Crippen LogP contribution in [0, 0.1) is 12.8 Å². The molecule has 1 fully saturated rings. The molecule has 1 aliphatic rings. The zero-order valence-corrected chi connectivity index (χ0v) is 17.5. The van der Waals surface area contributed by atoms with Crippen molar-refractivity contribution in [1.29, 1.82) is 0 Å². The number of aromatic nitrogens is 1. The van der Waals surface area contributed by atoms with Gasteiger partial charge in [-0.2, -0.15) is 0 Å². The lowest BCUT2D eigenvalue weighted by Gasteiger charge is -2.28. The standard InChI is InChI=1S/C22H26N2O3S/c1-4-15-8-16-20(26)18(22-23-14(3)12-28-22)11-27-21(16)17(19(15)25)10-24-7-5-6-13(2)9-24/h8,11-13,25H,4-7,9-10H2,1-3H3/p+1/t13-/m1/s1. The second kappa shape index (κ2) is 7.68. The molecule has 5 nitrogen and oxygen atoms in total. The molecule has 0 bridgehead atoms. The molecule has 148 valence electrons. The molecule has 1 aliphatic heterocycles. The Balaban J connectivity index is 1.85. The number of nitrogens with one attached hydrogen (secondary N) is 1. The monoisotopic (exact) mass is 399 g/mol. The second-order valence-electron chi connectivity index (χ2n) is 7.99. The van der Waals surface area contributed by atoms with Crippen molar-refractivity contribution in [2.24, 2.45) is 5.92 Å². The molecule has 2 atom stereocenters. The minimum Gasteiger partial charge on any atom is -0.507 e. The summed E-state index contributed by atoms with van der Waals surface area (Å²) >= 11 is 1.45. The fourth-order valence-electron chi connectivity index (χ4n) is 4.26. The van der Waals surface area contributed by atoms with Crippen LogP contribution in [0.4, 0.5) is 0 Å². The molecule has 1 unspecified atom stereocenters. The number of quaternary nitrogens is 1. The van der Waals surface area contributed by atoms with Gasteiger partial charge >= 0.3 is 0 Å². The predicted octanol–water partition coefficient (Wildman–Crippen LogP) is 3.31. The van der Waals surface area contributed by atoms with Crippen molar-refractivity contribution < 1.29 is 14.4 Å². The molecule has 28 heavy (non-hydrogen) atoms. The van der Waals surface area contributed by atoms with Crippen LogP contribution in [0.5, 0.6) is 5.75 Å². The highest BCUT2D eigenvalue weighted by molar-refractivity contribution is 7.13. The molecule has 0 radical (unpaired) electrons. The van der Waals surface area contributed by atoms with Crippen molar-refractivity contribution in [3.63, 3.8) is 0 Å². The SMILES string of the molecule is CCc1cc2c(=O)c(-c3nc(C)cs3)coc2c(C[NH+]2CCC[C@@H](C)C2)c1O. The Hall–Kier alpha value is -2.18. The van der Waals surface area contributed by atoms with E-state index in [1.54, 1.807) is 6.07 Å². The molecule has 2 aromatic heterocycles. The van der Waals surface area contributed by atoms with Crippen molar-refractivity contribution in [1.82, 2.24) is 4.98 Å². The van der Waals surface area contributed by atoms with Gasteiger partial charge in [0.2, 0.25) is 5.43 Å². The quantitative estimate of drug-likeness (QED) is 0.706. The molecule has 2 N–H and O–H groups in total. The van der Waals surface area contributed by atoms with Crippen LogP contribution < -0.4 is 10.3 Å². The van der Waals surface area contributed by atoms with Crippen LogP contribution >= 0.6 is 11.3 Å². The minimum atomic E-state index is -0.0754. The van der Waals surface area contributed by atoms with Gasteiger partial charge in [0, 0.05) is 17.0 Å². The van der Waals surface area contributed by atoms with Crippen molar-refractivity contribution in [3.05, 3.63) is 44.8 Å². The molecule has 0 spiro atoms. The molecule has 0 amide bonds. The van der Waals surface area contributed by atoms with E-state index < -0.39 is 0 Å². The van der Waals surface area contributed by atoms with Crippen LogP contribution in [-0.4, -0.2) is 23.2 Å². The molecular weight excluding hydrogens is 372 g/mol. The topological polar surface area (TPSA) is 67.8 Å². The molecule has 3 heterocycles. The van der Waals surface area contributed by atoms with E-state index in [1.165, 1.54) is 35.3 Å². The summed E-state index contributed by atoms with van der Waals surface area (Å²) in [5, 5.41) is 14.0. The van der Waals surface area contributed by atoms with Crippen LogP contribution in [0.25, 0.3) is 21.5 Å². The number of phenols is 1. The van der Waals surface area contributed by atoms with Crippen LogP contribution in [0.15, 0.2) is 26.9 Å². The number of rotatable bonds is 4. The van der Waals surface area contributed by atoms with Gasteiger partial charge in [-0.3, -0.25) is 4.79 Å². The van der Waals surface area contributed by atoms with E-state index in [0.29, 0.717) is 40.4 Å². The lowest BCUT2D eigenvalue weighted by Crippen LogP contribution is -3.12. The van der Waals surface area contributed by atoms with Crippen LogP contribution in [0.1, 0.15) is 43.5 Å². The largest absolute Gasteiger partial charge is 0.507 e. The number of fused-ring (bicyclic) bond motifs is 1. The van der Waals surface area contributed by atoms with Crippen LogP contribution in [-0.2, 0) is 13.0 Å². The van der Waals surface area contributed by atoms with Crippen molar-refractivity contribution in [2.75, 3.05) is 13.1 Å². The Morgan fingerprint density at radius 1 is 1.43 bits per heavy atom. The number of likely N-dealkylation sites (tertiary alicyclic amines) is 1. The molecule has 1 aromatic carbocycles. The Morgan fingerprint density at radius 3 is 2.93 bits per heavy atom. The maximum absolute atomic E-state index is 13.2. The number of thiazole rings is 1. The molecule has 6 heteroatoms. The number of hydrogen-bond donors (Lipinski definition) is 2. The number of aromatic hydroxyl groups is 1. The maximum Gasteiger partial charge on any atom is 0.202 e. The summed E-state index contributed by atoms with van der Waals surface area (Å²) in [7, 11) is 0. The van der Waals surface area contributed by atoms with Crippen molar-refractivity contribution in [3.8, 4) is 16.3 Å². The average Bonchev–Trinajstić information content (AvgIpc) is 3.10. The Labute approximate surface area is 168 Å². The van der Waals surface area contributed by atoms with Crippen molar-refractivity contribution in [2.45, 2.75) is 46.6 Å². The number of hydrogen-bond acceptors (Lipinski definition) is 5. The second-order valence-corrected chi connectivity index (χ2v) is 8.85. The summed E-state index contributed by atoms with van der Waals surface area (Å²) in [4.78, 5) is 19.1. The summed E-state index contributed by atoms with van der Waals surface area (Å²) in [5.74, 6) is 0.958. The predicted molar refractivity (Wildman–Crippen MR) is 112 cm³/mol. The molecule has 3 aromatic rings. The third kappa shape index (κ3) is 3.47. The molecule has 0 aliphatic carbocycles. The zero-order chi connectivity index (χ0) is 19.8. The number of phenolic OH excluding ortho intramolecular Hbond substituents is 1. The van der Waals surface area contributed by atoms with Gasteiger partial charge in [0.15, 0.2) is 0 Å². The van der Waals surface area contributed by atoms with E-state index in [2.05, 4.69) is 11.9 Å². The van der Waals surface area contributed by atoms with Gasteiger partial charge in [-0.05, 0) is 37.8 Å². The smallest absolute Gasteiger partial charge is 0.202 e. The van der Waals surface area contributed by atoms with Gasteiger partial charge in [-0.15, -0.1) is 11.3 Å². The maximum atomic E-state index is 13.2. The van der Waals surface area contributed by atoms with E-state index in [-0.39, 0.29) is 11.2 Å². The van der Waals surface area contributed by atoms with E-state index in [9.17, 15) is 9.90 Å². The summed E-state index contributed by atoms with van der Waals surface area (Å²) in [5.41, 5.74) is 3.38. The van der Waals surface area contributed by atoms with Gasteiger partial charge < -0.3 is 14.4 Å². The molecule has 1 saturated heterocycles. The number of piperidine rings is 1. The Kier molecular flexibility index (Phi) is 5.25. The first kappa shape index (κ1) is 19.2. The number of aryl methyl sites for hydroxylation is 2. The van der Waals surface area contributed by atoms with Gasteiger partial charge in [-0.25, -0.2) is 4.98 Å². The summed E-state index contributed by atoms with van der Waals surface area (Å²) in [6, 6.07) is 1.79. The Bertz CT molecular complexity index is 1070. The number of nitrogens with zero attached hydrogens (tertiary/aromatic N) is 1. The van der Waals surface area contributed by atoms with Crippen LogP contribution in [0.3, 0.4) is 0 Å². The fourth-order valence-corrected chi connectivity index (χ4v) is 5.06. The lowest BCUT2D eigenvalue weighted by molar-refractivity contribution is -0.922. The molecule has 4 rings (SSSR count). The normalized spacial score (nSPS) is 20.0. The van der Waals surface area contributed by atoms with E-state index >= 15 is 0 Å². The first-order chi connectivity index (χ1) is 13.5. The van der Waals surface area contributed by atoms with Gasteiger partial charge in [0.25, 0.3) is 0 Å². The third-order valence-corrected chi connectivity index (χ3v) is 6.73. The van der Waals surface area contributed by atoms with Crippen molar-refractivity contribution >= 4 is 22.3 Å². The van der Waals surface area contributed by atoms with E-state index in [4.69, 9.17) is 4.42 Å².